The fourth-order valence-electron chi connectivity index (χ4n) is 1.96. The number of fused-ring (bicyclic) bond motifs is 2. The fraction of sp³-hybridized carbons (Fsp3) is 0.714. The summed E-state index contributed by atoms with van der Waals surface area (Å²) in [5, 5.41) is 9.32. The monoisotopic (exact) mass is 269 g/mol. The molecular weight excluding hydrogens is 261 g/mol. The zero-order chi connectivity index (χ0) is 11.9. The smallest absolute Gasteiger partial charge is 0.724 e. The van der Waals surface area contributed by atoms with Gasteiger partial charge >= 0.3 is 35.6 Å². The summed E-state index contributed by atoms with van der Waals surface area (Å²) in [6.07, 6.45) is 0.891. The average molecular weight is 269 g/mol. The Hall–Kier alpha value is -0.370. The molecular formula is C7H8N3NaO5S. The van der Waals surface area contributed by atoms with Crippen LogP contribution in [0.5, 0.6) is 0 Å². The van der Waals surface area contributed by atoms with Crippen molar-refractivity contribution >= 4 is 16.4 Å². The number of rotatable bonds is 2. The van der Waals surface area contributed by atoms with Crippen LogP contribution in [-0.2, 0) is 14.7 Å². The first kappa shape index (κ1) is 14.7. The molecule has 0 aliphatic carbocycles. The predicted molar refractivity (Wildman–Crippen MR) is 47.1 cm³/mol. The van der Waals surface area contributed by atoms with E-state index < -0.39 is 28.5 Å². The van der Waals surface area contributed by atoms with Crippen LogP contribution in [0, 0.1) is 11.3 Å². The molecule has 2 bridgehead atoms. The first-order valence-corrected chi connectivity index (χ1v) is 5.90. The minimum atomic E-state index is -4.96. The third-order valence-electron chi connectivity index (χ3n) is 2.64. The molecule has 0 aromatic heterocycles. The number of carbonyl (C=O) groups excluding carboxylic acids is 1. The van der Waals surface area contributed by atoms with E-state index in [2.05, 4.69) is 4.28 Å². The van der Waals surface area contributed by atoms with E-state index in [4.69, 9.17) is 5.26 Å². The molecule has 2 aliphatic heterocycles. The molecule has 8 nitrogen and oxygen atoms in total. The van der Waals surface area contributed by atoms with Gasteiger partial charge in [0.15, 0.2) is 0 Å². The molecule has 0 N–H and O–H groups in total. The van der Waals surface area contributed by atoms with Gasteiger partial charge in [-0.2, -0.15) is 14.6 Å². The number of hydrogen-bond donors (Lipinski definition) is 0. The second-order valence-electron chi connectivity index (χ2n) is 3.62. The van der Waals surface area contributed by atoms with Gasteiger partial charge in [0.2, 0.25) is 10.4 Å². The van der Waals surface area contributed by atoms with Gasteiger partial charge in [-0.1, -0.05) is 0 Å². The first-order valence-electron chi connectivity index (χ1n) is 4.57. The van der Waals surface area contributed by atoms with Crippen LogP contribution in [0.2, 0.25) is 0 Å². The summed E-state index contributed by atoms with van der Waals surface area (Å²) < 4.78 is 35.3. The molecule has 10 heteroatoms. The standard InChI is InChI=1S/C7H9N3O5S.Na/c8-3-5-1-2-6-4-9(5)7(11)10(6)15-16(12,13)14;/h5-6H,1-2,4H2,(H,12,13,14);/q;+1/p-1/t5-,6-;/m1./s1. The van der Waals surface area contributed by atoms with E-state index in [1.165, 1.54) is 4.90 Å². The maximum absolute atomic E-state index is 11.6. The number of piperidine rings is 1. The molecule has 88 valence electrons. The third kappa shape index (κ3) is 2.90. The molecule has 2 aliphatic rings. The Morgan fingerprint density at radius 3 is 2.65 bits per heavy atom. The van der Waals surface area contributed by atoms with E-state index in [9.17, 15) is 17.8 Å². The van der Waals surface area contributed by atoms with Crippen LogP contribution in [0.3, 0.4) is 0 Å². The topological polar surface area (TPSA) is 114 Å². The maximum Gasteiger partial charge on any atom is 1.00 e. The molecule has 0 spiro atoms. The predicted octanol–water partition coefficient (Wildman–Crippen LogP) is -3.83. The van der Waals surface area contributed by atoms with Crippen molar-refractivity contribution in [1.82, 2.24) is 9.96 Å². The van der Waals surface area contributed by atoms with Crippen molar-refractivity contribution in [3.05, 3.63) is 0 Å². The van der Waals surface area contributed by atoms with Gasteiger partial charge in [0.25, 0.3) is 0 Å². The number of nitriles is 1. The van der Waals surface area contributed by atoms with Gasteiger partial charge in [0.05, 0.1) is 12.1 Å². The summed E-state index contributed by atoms with van der Waals surface area (Å²) in [5.74, 6) is 0. The minimum absolute atomic E-state index is 0. The van der Waals surface area contributed by atoms with E-state index in [0.29, 0.717) is 17.9 Å². The zero-order valence-electron chi connectivity index (χ0n) is 9.07. The van der Waals surface area contributed by atoms with Crippen LogP contribution in [0.1, 0.15) is 12.8 Å². The molecule has 0 saturated carbocycles. The van der Waals surface area contributed by atoms with Gasteiger partial charge in [-0.05, 0) is 12.8 Å². The van der Waals surface area contributed by atoms with E-state index in [1.54, 1.807) is 0 Å². The van der Waals surface area contributed by atoms with E-state index >= 15 is 0 Å². The molecule has 0 radical (unpaired) electrons. The molecule has 17 heavy (non-hydrogen) atoms. The Bertz CT molecular complexity index is 461. The second kappa shape index (κ2) is 5.09. The Kier molecular flexibility index (Phi) is 4.40. The number of nitrogens with zero attached hydrogens (tertiary/aromatic N) is 3. The number of amides is 2. The van der Waals surface area contributed by atoms with E-state index in [1.807, 2.05) is 6.07 Å². The molecule has 0 unspecified atom stereocenters. The van der Waals surface area contributed by atoms with Gasteiger partial charge in [0, 0.05) is 6.54 Å². The molecule has 2 fully saturated rings. The molecule has 0 aromatic carbocycles. The Morgan fingerprint density at radius 1 is 1.47 bits per heavy atom. The number of hydrogen-bond acceptors (Lipinski definition) is 6. The number of urea groups is 1. The zero-order valence-corrected chi connectivity index (χ0v) is 11.9. The third-order valence-corrected chi connectivity index (χ3v) is 2.99. The van der Waals surface area contributed by atoms with E-state index in [-0.39, 0.29) is 36.1 Å². The van der Waals surface area contributed by atoms with Crippen molar-refractivity contribution in [2.45, 2.75) is 24.9 Å². The van der Waals surface area contributed by atoms with Crippen LogP contribution in [0.4, 0.5) is 4.79 Å². The summed E-state index contributed by atoms with van der Waals surface area (Å²) >= 11 is 0. The van der Waals surface area contributed by atoms with Crippen LogP contribution in [0.15, 0.2) is 0 Å². The molecule has 2 rings (SSSR count). The summed E-state index contributed by atoms with van der Waals surface area (Å²) in [6, 6.07) is 0.150. The quantitative estimate of drug-likeness (QED) is 0.288. The van der Waals surface area contributed by atoms with Crippen LogP contribution in [0.25, 0.3) is 0 Å². The number of carbonyl (C=O) groups is 1. The maximum atomic E-state index is 11.6. The number of hydroxylamine groups is 2. The fourth-order valence-corrected chi connectivity index (χ4v) is 2.34. The Balaban J connectivity index is 0.00000144. The molecule has 2 heterocycles. The van der Waals surface area contributed by atoms with Crippen molar-refractivity contribution in [2.24, 2.45) is 0 Å². The summed E-state index contributed by atoms with van der Waals surface area (Å²) in [7, 11) is -4.96. The van der Waals surface area contributed by atoms with Gasteiger partial charge < -0.3 is 9.45 Å². The molecule has 0 aromatic rings. The SMILES string of the molecule is N#C[C@H]1CC[C@@H]2CN1C(=O)N2OS(=O)(=O)[O-].[Na+]. The largest absolute Gasteiger partial charge is 1.00 e. The van der Waals surface area contributed by atoms with Crippen molar-refractivity contribution in [2.75, 3.05) is 6.54 Å². The van der Waals surface area contributed by atoms with Gasteiger partial charge in [-0.15, -0.1) is 0 Å². The van der Waals surface area contributed by atoms with Gasteiger partial charge in [0.1, 0.15) is 6.04 Å². The first-order chi connectivity index (χ1) is 7.42. The second-order valence-corrected chi connectivity index (χ2v) is 4.59. The van der Waals surface area contributed by atoms with Crippen molar-refractivity contribution < 1.29 is 51.6 Å². The molecule has 2 amide bonds. The van der Waals surface area contributed by atoms with Crippen LogP contribution in [-0.4, -0.2) is 47.6 Å². The van der Waals surface area contributed by atoms with Crippen molar-refractivity contribution in [3.8, 4) is 6.07 Å². The summed E-state index contributed by atoms with van der Waals surface area (Å²) in [5.41, 5.74) is 0. The summed E-state index contributed by atoms with van der Waals surface area (Å²) in [4.78, 5) is 12.8. The Labute approximate surface area is 120 Å². The van der Waals surface area contributed by atoms with Crippen LogP contribution >= 0.6 is 0 Å². The molecule has 2 saturated heterocycles. The van der Waals surface area contributed by atoms with Crippen molar-refractivity contribution in [1.29, 1.82) is 5.26 Å². The summed E-state index contributed by atoms with van der Waals surface area (Å²) in [6.45, 7) is 0.215. The average Bonchev–Trinajstić information content (AvgIpc) is 2.43. The van der Waals surface area contributed by atoms with E-state index in [0.717, 1.165) is 0 Å². The minimum Gasteiger partial charge on any atom is -0.724 e. The van der Waals surface area contributed by atoms with Crippen molar-refractivity contribution in [3.63, 3.8) is 0 Å². The Morgan fingerprint density at radius 2 is 2.12 bits per heavy atom. The molecule has 2 atom stereocenters. The van der Waals surface area contributed by atoms with Gasteiger partial charge in [-0.3, -0.25) is 0 Å². The normalized spacial score (nSPS) is 27.6. The van der Waals surface area contributed by atoms with Gasteiger partial charge in [-0.25, -0.2) is 13.2 Å². The van der Waals surface area contributed by atoms with Crippen LogP contribution < -0.4 is 29.6 Å².